The second-order valence-electron chi connectivity index (χ2n) is 38.0. The number of H-pyrrole nitrogens is 1. The molecule has 2 saturated carbocycles. The molecule has 119 heavy (non-hydrogen) atoms. The van der Waals surface area contributed by atoms with Crippen LogP contribution in [0.25, 0.3) is 78.2 Å². The van der Waals surface area contributed by atoms with Gasteiger partial charge in [-0.05, 0) is 301 Å². The summed E-state index contributed by atoms with van der Waals surface area (Å²) in [5, 5.41) is 5.82. The van der Waals surface area contributed by atoms with Crippen molar-refractivity contribution in [3.05, 3.63) is 156 Å². The Bertz CT molecular complexity index is 5130. The van der Waals surface area contributed by atoms with Gasteiger partial charge in [-0.25, -0.2) is 19.6 Å². The quantitative estimate of drug-likeness (QED) is 0.0472. The SMILES string of the molecule is CC(C)(C)OC(=O)N1CCC2(CC=C(OS(=O)(=O)C(F)(F)F)CC2)CC1.CC(C)(C)OC(=O)N1CCC2(CCC(=O)CC2)CC1.Cc1cccc(-c2[nH]cnc2-c2ccc3ncc(C4=CCC5(CCNCC5)CC4)cc3c2)n1.Cc1cccc(-c2c(-c3ccc4ncc(C5=CCC6(CCCCC6)CC5)cc4c3)ncn2COCC[Si](C)(C)C)n1. The number of hydrogen-bond donors (Lipinski definition) is 2. The number of aromatic amines is 1. The van der Waals surface area contributed by atoms with Crippen molar-refractivity contribution in [2.24, 2.45) is 21.7 Å². The highest BCUT2D eigenvalue weighted by atomic mass is 32.2. The number of carbonyl (C=O) groups is 3. The molecule has 20 nitrogen and oxygen atoms in total. The van der Waals surface area contributed by atoms with Crippen LogP contribution in [0.5, 0.6) is 0 Å². The molecule has 0 atom stereocenters. The number of imidazole rings is 2. The number of rotatable bonds is 13. The van der Waals surface area contributed by atoms with Gasteiger partial charge in [-0.15, -0.1) is 0 Å². The summed E-state index contributed by atoms with van der Waals surface area (Å²) in [5.41, 5.74) is 12.1. The highest BCUT2D eigenvalue weighted by Crippen LogP contribution is 2.51. The minimum absolute atomic E-state index is 0.127. The predicted octanol–water partition coefficient (Wildman–Crippen LogP) is 22.3. The van der Waals surface area contributed by atoms with Crippen molar-refractivity contribution in [1.82, 2.24) is 54.6 Å². The van der Waals surface area contributed by atoms with Crippen molar-refractivity contribution in [3.63, 3.8) is 0 Å². The van der Waals surface area contributed by atoms with Crippen molar-refractivity contribution >= 4 is 69.1 Å². The van der Waals surface area contributed by atoms with Gasteiger partial charge < -0.3 is 43.1 Å². The van der Waals surface area contributed by atoms with E-state index < -0.39 is 34.9 Å². The first kappa shape index (κ1) is 87.9. The van der Waals surface area contributed by atoms with Gasteiger partial charge in [-0.2, -0.15) is 21.6 Å². The number of pyridine rings is 4. The minimum Gasteiger partial charge on any atom is -0.444 e. The van der Waals surface area contributed by atoms with Crippen LogP contribution in [0.4, 0.5) is 22.8 Å². The van der Waals surface area contributed by atoms with E-state index in [1.165, 1.54) is 99.0 Å². The fraction of sp³-hybridized carbons (Fsp3) is 0.543. The molecule has 3 saturated heterocycles. The van der Waals surface area contributed by atoms with Crippen LogP contribution in [-0.2, 0) is 40.0 Å². The summed E-state index contributed by atoms with van der Waals surface area (Å²) in [5.74, 6) is 0.239. The highest BCUT2D eigenvalue weighted by molar-refractivity contribution is 7.87. The number of aromatic nitrogens is 8. The van der Waals surface area contributed by atoms with Gasteiger partial charge in [-0.1, -0.05) is 75.3 Å². The third kappa shape index (κ3) is 22.8. The van der Waals surface area contributed by atoms with Crippen LogP contribution in [0.3, 0.4) is 0 Å². The van der Waals surface area contributed by atoms with Gasteiger partial charge in [-0.3, -0.25) is 24.7 Å². The Morgan fingerprint density at radius 2 is 1.03 bits per heavy atom. The normalized spacial score (nSPS) is 19.3. The zero-order valence-corrected chi connectivity index (χ0v) is 73.5. The van der Waals surface area contributed by atoms with Crippen molar-refractivity contribution in [2.75, 3.05) is 45.9 Å². The number of likely N-dealkylation sites (tertiary alicyclic amines) is 2. The maximum absolute atomic E-state index is 12.4. The number of fused-ring (bicyclic) bond motifs is 2. The number of nitrogens with one attached hydrogen (secondary N) is 2. The fourth-order valence-corrected chi connectivity index (χ4v) is 19.5. The van der Waals surface area contributed by atoms with Crippen LogP contribution in [0.2, 0.25) is 25.7 Å². The van der Waals surface area contributed by atoms with Crippen LogP contribution < -0.4 is 5.32 Å². The predicted molar refractivity (Wildman–Crippen MR) is 466 cm³/mol. The third-order valence-corrected chi connectivity index (χ3v) is 28.3. The first-order chi connectivity index (χ1) is 56.5. The molecule has 3 aliphatic heterocycles. The Morgan fingerprint density at radius 1 is 0.546 bits per heavy atom. The van der Waals surface area contributed by atoms with Gasteiger partial charge in [0.2, 0.25) is 0 Å². The number of hydrogen-bond acceptors (Lipinski definition) is 16. The number of Topliss-reactive ketones (excluding diaryl/α,β-unsaturated/α-hetero) is 1. The molecule has 8 aliphatic rings. The van der Waals surface area contributed by atoms with Gasteiger partial charge in [0, 0.05) is 106 Å². The number of alkyl halides is 3. The summed E-state index contributed by atoms with van der Waals surface area (Å²) in [6.45, 7) is 28.3. The molecule has 6 aromatic heterocycles. The van der Waals surface area contributed by atoms with Crippen molar-refractivity contribution < 1.29 is 54.4 Å². The fourth-order valence-electron chi connectivity index (χ4n) is 18.2. The Labute approximate surface area is 702 Å². The molecule has 5 fully saturated rings. The van der Waals surface area contributed by atoms with Crippen LogP contribution in [0.1, 0.15) is 218 Å². The van der Waals surface area contributed by atoms with E-state index in [4.69, 9.17) is 34.1 Å². The maximum Gasteiger partial charge on any atom is 0.534 e. The molecule has 0 radical (unpaired) electrons. The summed E-state index contributed by atoms with van der Waals surface area (Å²) in [4.78, 5) is 70.9. The lowest BCUT2D eigenvalue weighted by molar-refractivity contribution is -0.123. The Kier molecular flexibility index (Phi) is 27.2. The number of piperidine rings is 3. The summed E-state index contributed by atoms with van der Waals surface area (Å²) in [6, 6.07) is 30.9. The lowest BCUT2D eigenvalue weighted by atomic mass is 9.66. The van der Waals surface area contributed by atoms with E-state index in [0.29, 0.717) is 67.5 Å². The van der Waals surface area contributed by atoms with E-state index in [0.717, 1.165) is 169 Å². The lowest BCUT2D eigenvalue weighted by Gasteiger charge is -2.43. The number of allylic oxidation sites excluding steroid dienone is 6. The smallest absolute Gasteiger partial charge is 0.444 e. The van der Waals surface area contributed by atoms with Crippen LogP contribution in [-0.4, -0.2) is 146 Å². The number of ketones is 1. The molecule has 9 heterocycles. The average molecular weight is 1670 g/mol. The summed E-state index contributed by atoms with van der Waals surface area (Å²) < 4.78 is 82.5. The molecule has 8 aromatic rings. The van der Waals surface area contributed by atoms with Gasteiger partial charge in [0.1, 0.15) is 29.5 Å². The van der Waals surface area contributed by atoms with E-state index in [9.17, 15) is 36.0 Å². The Balaban J connectivity index is 0.000000142. The molecule has 5 aliphatic carbocycles. The van der Waals surface area contributed by atoms with Gasteiger partial charge in [0.25, 0.3) is 0 Å². The van der Waals surface area contributed by atoms with E-state index in [1.807, 2.05) is 76.3 Å². The number of benzene rings is 2. The van der Waals surface area contributed by atoms with Crippen molar-refractivity contribution in [3.8, 4) is 45.3 Å². The molecule has 0 bridgehead atoms. The number of carbonyl (C=O) groups excluding carboxylic acids is 3. The summed E-state index contributed by atoms with van der Waals surface area (Å²) in [7, 11) is -6.77. The van der Waals surface area contributed by atoms with Crippen LogP contribution in [0, 0.1) is 35.5 Å². The molecule has 638 valence electrons. The van der Waals surface area contributed by atoms with E-state index >= 15 is 0 Å². The van der Waals surface area contributed by atoms with Gasteiger partial charge in [0.05, 0.1) is 57.9 Å². The maximum atomic E-state index is 12.4. The standard InChI is InChI=1S/C35H44N4OSi.C28H29N5.C16H24F3NO5S.C15H25NO3/c1-26-9-8-10-32(38-26)34-33(37-24-39(34)25-40-19-20-41(2,3)4)28-11-12-31-29(21-28)22-30(23-36-31)27-13-17-35(18-14-27)15-6-5-7-16-35;1-19-3-2-4-25(33-19)27-26(31-18-32-27)21-5-6-24-22(15-21)16-23(17-30-24)20-7-9-28(10-8-20)11-13-29-14-12-28;1-14(2,3)24-13(21)20-10-8-15(9-11-20)6-4-12(5-7-15)25-26(22,23)16(17,18)19;1-14(2,3)19-13(18)16-10-8-15(9-11-16)6-4-12(17)5-7-15/h8-13,21-24H,5-7,14-20,25H2,1-4H3;2-7,15-18,29H,8-14H2,1H3,(H,31,32);4H,5-11H2,1-3H3;4-11H2,1-3H3. The van der Waals surface area contributed by atoms with Crippen molar-refractivity contribution in [2.45, 2.75) is 259 Å². The molecule has 2 amide bonds. The largest absolute Gasteiger partial charge is 0.534 e. The highest BCUT2D eigenvalue weighted by Gasteiger charge is 2.50. The topological polar surface area (TPSA) is 239 Å². The van der Waals surface area contributed by atoms with Crippen LogP contribution in [0.15, 0.2) is 134 Å². The number of amides is 2. The first-order valence-electron chi connectivity index (χ1n) is 43.1. The molecule has 2 N–H and O–H groups in total. The van der Waals surface area contributed by atoms with E-state index in [2.05, 4.69) is 128 Å². The Morgan fingerprint density at radius 3 is 1.54 bits per heavy atom. The van der Waals surface area contributed by atoms with E-state index in [-0.39, 0.29) is 29.8 Å². The number of aryl methyl sites for hydroxylation is 2. The Hall–Kier alpha value is -8.91. The molecule has 16 rings (SSSR count). The lowest BCUT2D eigenvalue weighted by Crippen LogP contribution is -2.46. The average Bonchev–Trinajstić information content (AvgIpc) is 1.77. The van der Waals surface area contributed by atoms with Crippen LogP contribution >= 0.6 is 0 Å². The van der Waals surface area contributed by atoms with E-state index in [1.54, 1.807) is 32.0 Å². The first-order valence-corrected chi connectivity index (χ1v) is 48.2. The zero-order valence-electron chi connectivity index (χ0n) is 71.7. The molecule has 0 unspecified atom stereocenters. The number of ether oxygens (including phenoxy) is 3. The van der Waals surface area contributed by atoms with Gasteiger partial charge in [0.15, 0.2) is 0 Å². The molecular weight excluding hydrogens is 1540 g/mol. The van der Waals surface area contributed by atoms with Gasteiger partial charge >= 0.3 is 27.8 Å². The monoisotopic (exact) mass is 1670 g/mol. The molecule has 25 heteroatoms. The molecular formula is C94H122F3N11O9SSi. The molecule has 2 aromatic carbocycles. The zero-order chi connectivity index (χ0) is 84.6. The van der Waals surface area contributed by atoms with Crippen molar-refractivity contribution in [1.29, 1.82) is 0 Å². The minimum atomic E-state index is -5.61. The summed E-state index contributed by atoms with van der Waals surface area (Å²) >= 11 is 0. The molecule has 4 spiro atoms. The second kappa shape index (κ2) is 36.8. The third-order valence-electron chi connectivity index (χ3n) is 25.6. The number of halogens is 3. The number of nitrogens with zero attached hydrogens (tertiary/aromatic N) is 9. The summed E-state index contributed by atoms with van der Waals surface area (Å²) in [6.07, 6.45) is 38.6. The second-order valence-corrected chi connectivity index (χ2v) is 45.1.